The highest BCUT2D eigenvalue weighted by Crippen LogP contribution is 2.24. The van der Waals surface area contributed by atoms with Gasteiger partial charge in [0.2, 0.25) is 0 Å². The number of halogens is 2. The zero-order chi connectivity index (χ0) is 12.8. The van der Waals surface area contributed by atoms with Gasteiger partial charge in [0.1, 0.15) is 5.82 Å². The summed E-state index contributed by atoms with van der Waals surface area (Å²) >= 11 is 3.26. The lowest BCUT2D eigenvalue weighted by Gasteiger charge is -2.14. The number of hydrogen-bond donors (Lipinski definition) is 0. The van der Waals surface area contributed by atoms with Gasteiger partial charge in [-0.05, 0) is 46.3 Å². The van der Waals surface area contributed by atoms with E-state index in [2.05, 4.69) is 15.9 Å². The van der Waals surface area contributed by atoms with E-state index in [4.69, 9.17) is 4.74 Å². The highest BCUT2D eigenvalue weighted by molar-refractivity contribution is 9.10. The Morgan fingerprint density at radius 3 is 2.61 bits per heavy atom. The van der Waals surface area contributed by atoms with Crippen molar-refractivity contribution in [3.05, 3.63) is 34.1 Å². The van der Waals surface area contributed by atoms with Crippen LogP contribution >= 0.6 is 15.9 Å². The molecule has 0 saturated heterocycles. The van der Waals surface area contributed by atoms with E-state index >= 15 is 0 Å². The van der Waals surface area contributed by atoms with E-state index in [0.717, 1.165) is 12.2 Å². The molecule has 0 N–H and O–H groups in total. The van der Waals surface area contributed by atoms with Crippen molar-refractivity contribution in [1.29, 1.82) is 0 Å². The molecule has 0 aliphatic heterocycles. The van der Waals surface area contributed by atoms with Crippen LogP contribution in [0.25, 0.3) is 0 Å². The Labute approximate surface area is 117 Å². The minimum absolute atomic E-state index is 0.217. The first-order valence-corrected chi connectivity index (χ1v) is 7.57. The summed E-state index contributed by atoms with van der Waals surface area (Å²) in [7, 11) is 0. The molecule has 0 unspecified atom stereocenters. The summed E-state index contributed by atoms with van der Waals surface area (Å²) in [6.45, 7) is 1.30. The van der Waals surface area contributed by atoms with Crippen LogP contribution in [0.2, 0.25) is 0 Å². The second-order valence-electron chi connectivity index (χ2n) is 5.09. The molecule has 0 heterocycles. The van der Waals surface area contributed by atoms with Crippen molar-refractivity contribution in [1.82, 2.24) is 0 Å². The number of rotatable bonds is 4. The molecule has 0 atom stereocenters. The van der Waals surface area contributed by atoms with Crippen molar-refractivity contribution in [2.75, 3.05) is 6.61 Å². The Kier molecular flexibility index (Phi) is 5.64. The highest BCUT2D eigenvalue weighted by atomic mass is 79.9. The van der Waals surface area contributed by atoms with Crippen LogP contribution in [0.3, 0.4) is 0 Å². The van der Waals surface area contributed by atoms with Gasteiger partial charge in [-0.2, -0.15) is 0 Å². The Morgan fingerprint density at radius 2 is 1.89 bits per heavy atom. The largest absolute Gasteiger partial charge is 0.376 e. The van der Waals surface area contributed by atoms with Crippen molar-refractivity contribution in [2.45, 2.75) is 45.1 Å². The van der Waals surface area contributed by atoms with Gasteiger partial charge in [-0.1, -0.05) is 37.8 Å². The monoisotopic (exact) mass is 314 g/mol. The van der Waals surface area contributed by atoms with Gasteiger partial charge in [-0.3, -0.25) is 0 Å². The molecule has 1 aliphatic rings. The zero-order valence-electron chi connectivity index (χ0n) is 10.6. The molecule has 3 heteroatoms. The lowest BCUT2D eigenvalue weighted by Crippen LogP contribution is -2.09. The molecule has 1 nitrogen and oxygen atoms in total. The molecule has 0 amide bonds. The van der Waals surface area contributed by atoms with Crippen LogP contribution in [0.4, 0.5) is 4.39 Å². The quantitative estimate of drug-likeness (QED) is 0.704. The molecule has 0 aromatic heterocycles. The molecule has 100 valence electrons. The summed E-state index contributed by atoms with van der Waals surface area (Å²) in [5.41, 5.74) is 0.892. The Bertz CT molecular complexity index is 373. The van der Waals surface area contributed by atoms with Crippen LogP contribution in [0.15, 0.2) is 22.7 Å². The van der Waals surface area contributed by atoms with Gasteiger partial charge in [0.25, 0.3) is 0 Å². The van der Waals surface area contributed by atoms with Crippen LogP contribution in [0, 0.1) is 11.7 Å². The first kappa shape index (κ1) is 14.0. The number of ether oxygens (including phenoxy) is 1. The van der Waals surface area contributed by atoms with E-state index in [1.807, 2.05) is 6.07 Å². The van der Waals surface area contributed by atoms with E-state index in [1.165, 1.54) is 44.6 Å². The standard InChI is InChI=1S/C15H20BrFO/c16-15-13(8-5-9-14(15)17)11-18-10-12-6-3-1-2-4-7-12/h5,8-9,12H,1-4,6-7,10-11H2. The smallest absolute Gasteiger partial charge is 0.137 e. The number of hydrogen-bond acceptors (Lipinski definition) is 1. The molecule has 2 rings (SSSR count). The first-order chi connectivity index (χ1) is 8.77. The Balaban J connectivity index is 1.79. The maximum absolute atomic E-state index is 13.3. The maximum atomic E-state index is 13.3. The average Bonchev–Trinajstić information content (AvgIpc) is 2.63. The number of benzene rings is 1. The fraction of sp³-hybridized carbons (Fsp3) is 0.600. The summed E-state index contributed by atoms with van der Waals surface area (Å²) in [6, 6.07) is 5.09. The van der Waals surface area contributed by atoms with Crippen molar-refractivity contribution >= 4 is 15.9 Å². The molecule has 0 bridgehead atoms. The molecule has 18 heavy (non-hydrogen) atoms. The minimum atomic E-state index is -0.217. The minimum Gasteiger partial charge on any atom is -0.376 e. The second kappa shape index (κ2) is 7.25. The van der Waals surface area contributed by atoms with Crippen LogP contribution in [0.5, 0.6) is 0 Å². The maximum Gasteiger partial charge on any atom is 0.137 e. The van der Waals surface area contributed by atoms with E-state index < -0.39 is 0 Å². The summed E-state index contributed by atoms with van der Waals surface area (Å²) in [6.07, 6.45) is 7.96. The Morgan fingerprint density at radius 1 is 1.17 bits per heavy atom. The van der Waals surface area contributed by atoms with Crippen molar-refractivity contribution in [3.8, 4) is 0 Å². The van der Waals surface area contributed by atoms with E-state index in [1.54, 1.807) is 6.07 Å². The molecule has 1 aromatic carbocycles. The molecular formula is C15H20BrFO. The fourth-order valence-corrected chi connectivity index (χ4v) is 2.90. The lowest BCUT2D eigenvalue weighted by molar-refractivity contribution is 0.0814. The van der Waals surface area contributed by atoms with Crippen LogP contribution < -0.4 is 0 Å². The SMILES string of the molecule is Fc1cccc(COCC2CCCCCC2)c1Br. The van der Waals surface area contributed by atoms with Crippen LogP contribution in [-0.2, 0) is 11.3 Å². The van der Waals surface area contributed by atoms with E-state index in [9.17, 15) is 4.39 Å². The normalized spacial score (nSPS) is 17.7. The van der Waals surface area contributed by atoms with Crippen molar-refractivity contribution in [3.63, 3.8) is 0 Å². The van der Waals surface area contributed by atoms with Gasteiger partial charge < -0.3 is 4.74 Å². The molecule has 1 saturated carbocycles. The molecule has 0 spiro atoms. The summed E-state index contributed by atoms with van der Waals surface area (Å²) in [5.74, 6) is 0.477. The summed E-state index contributed by atoms with van der Waals surface area (Å²) in [4.78, 5) is 0. The highest BCUT2D eigenvalue weighted by Gasteiger charge is 2.13. The fourth-order valence-electron chi connectivity index (χ4n) is 2.53. The average molecular weight is 315 g/mol. The van der Waals surface area contributed by atoms with Gasteiger partial charge in [-0.25, -0.2) is 4.39 Å². The topological polar surface area (TPSA) is 9.23 Å². The molecule has 0 radical (unpaired) electrons. The second-order valence-corrected chi connectivity index (χ2v) is 5.88. The molecular weight excluding hydrogens is 295 g/mol. The predicted octanol–water partition coefficient (Wildman–Crippen LogP) is 5.08. The molecule has 1 fully saturated rings. The van der Waals surface area contributed by atoms with Crippen LogP contribution in [0.1, 0.15) is 44.1 Å². The first-order valence-electron chi connectivity index (χ1n) is 6.78. The van der Waals surface area contributed by atoms with Gasteiger partial charge in [0.15, 0.2) is 0 Å². The molecule has 1 aromatic rings. The van der Waals surface area contributed by atoms with Crippen molar-refractivity contribution in [2.24, 2.45) is 5.92 Å². The van der Waals surface area contributed by atoms with Gasteiger partial charge in [-0.15, -0.1) is 0 Å². The van der Waals surface area contributed by atoms with E-state index in [0.29, 0.717) is 17.0 Å². The third-order valence-corrected chi connectivity index (χ3v) is 4.51. The third kappa shape index (κ3) is 4.06. The third-order valence-electron chi connectivity index (χ3n) is 3.62. The van der Waals surface area contributed by atoms with Gasteiger partial charge in [0.05, 0.1) is 11.1 Å². The molecule has 1 aliphatic carbocycles. The van der Waals surface area contributed by atoms with E-state index in [-0.39, 0.29) is 5.82 Å². The zero-order valence-corrected chi connectivity index (χ0v) is 12.2. The van der Waals surface area contributed by atoms with Crippen LogP contribution in [-0.4, -0.2) is 6.61 Å². The predicted molar refractivity (Wildman–Crippen MR) is 74.9 cm³/mol. The van der Waals surface area contributed by atoms with Crippen molar-refractivity contribution < 1.29 is 9.13 Å². The summed E-state index contributed by atoms with van der Waals surface area (Å²) in [5, 5.41) is 0. The summed E-state index contributed by atoms with van der Waals surface area (Å²) < 4.78 is 19.6. The Hall–Kier alpha value is -0.410. The van der Waals surface area contributed by atoms with Gasteiger partial charge in [0, 0.05) is 6.61 Å². The lowest BCUT2D eigenvalue weighted by atomic mass is 10.0. The van der Waals surface area contributed by atoms with Gasteiger partial charge >= 0.3 is 0 Å².